The van der Waals surface area contributed by atoms with Crippen molar-refractivity contribution in [2.45, 2.75) is 77.0 Å². The molecule has 90 valence electrons. The maximum Gasteiger partial charge on any atom is -0.00675 e. The molecular formula is C14H28S. The lowest BCUT2D eigenvalue weighted by Gasteiger charge is -2.01. The second kappa shape index (κ2) is 10.9. The Hall–Kier alpha value is 0.350. The van der Waals surface area contributed by atoms with E-state index in [0.29, 0.717) is 0 Å². The van der Waals surface area contributed by atoms with Crippen LogP contribution in [0, 0.1) is 0 Å². The summed E-state index contributed by atoms with van der Waals surface area (Å²) in [6, 6.07) is 0. The molecule has 1 rings (SSSR count). The van der Waals surface area contributed by atoms with Gasteiger partial charge in [-0.3, -0.25) is 0 Å². The molecule has 1 aliphatic rings. The first-order valence-electron chi connectivity index (χ1n) is 7.08. The van der Waals surface area contributed by atoms with Crippen LogP contribution in [0.25, 0.3) is 0 Å². The highest BCUT2D eigenvalue weighted by Crippen LogP contribution is 2.15. The Kier molecular flexibility index (Phi) is 9.71. The summed E-state index contributed by atoms with van der Waals surface area (Å²) >= 11 is 2.18. The quantitative estimate of drug-likeness (QED) is 0.534. The summed E-state index contributed by atoms with van der Waals surface area (Å²) in [5.74, 6) is 2.83. The summed E-state index contributed by atoms with van der Waals surface area (Å²) in [5, 5.41) is 0. The first-order valence-corrected chi connectivity index (χ1v) is 8.23. The van der Waals surface area contributed by atoms with Crippen LogP contribution in [0.5, 0.6) is 0 Å². The first kappa shape index (κ1) is 13.4. The van der Waals surface area contributed by atoms with Gasteiger partial charge in [0, 0.05) is 0 Å². The minimum absolute atomic E-state index is 1.42. The van der Waals surface area contributed by atoms with E-state index in [1.807, 2.05) is 0 Å². The van der Waals surface area contributed by atoms with Crippen LogP contribution in [0.15, 0.2) is 0 Å². The van der Waals surface area contributed by atoms with E-state index in [9.17, 15) is 0 Å². The van der Waals surface area contributed by atoms with E-state index < -0.39 is 0 Å². The van der Waals surface area contributed by atoms with Crippen LogP contribution in [-0.4, -0.2) is 11.5 Å². The average Bonchev–Trinajstić information content (AvgIpc) is 2.27. The van der Waals surface area contributed by atoms with Gasteiger partial charge in [0.05, 0.1) is 0 Å². The Morgan fingerprint density at radius 2 is 0.600 bits per heavy atom. The van der Waals surface area contributed by atoms with Crippen molar-refractivity contribution >= 4 is 11.8 Å². The van der Waals surface area contributed by atoms with Crippen molar-refractivity contribution in [1.82, 2.24) is 0 Å². The Morgan fingerprint density at radius 3 is 0.933 bits per heavy atom. The molecule has 0 aromatic rings. The summed E-state index contributed by atoms with van der Waals surface area (Å²) in [4.78, 5) is 0. The Bertz CT molecular complexity index is 63.9. The number of thioether (sulfide) groups is 1. The fraction of sp³-hybridized carbons (Fsp3) is 1.00. The van der Waals surface area contributed by atoms with Crippen LogP contribution in [0.1, 0.15) is 77.0 Å². The van der Waals surface area contributed by atoms with Gasteiger partial charge >= 0.3 is 0 Å². The van der Waals surface area contributed by atoms with Gasteiger partial charge in [0.1, 0.15) is 0 Å². The Balaban J connectivity index is 2.01. The van der Waals surface area contributed by atoms with E-state index in [4.69, 9.17) is 0 Å². The maximum absolute atomic E-state index is 2.18. The summed E-state index contributed by atoms with van der Waals surface area (Å²) in [6.07, 6.45) is 17.8. The molecule has 0 atom stereocenters. The fourth-order valence-electron chi connectivity index (χ4n) is 2.28. The maximum atomic E-state index is 2.18. The van der Waals surface area contributed by atoms with Gasteiger partial charge in [0.25, 0.3) is 0 Å². The van der Waals surface area contributed by atoms with Crippen molar-refractivity contribution in [2.75, 3.05) is 11.5 Å². The van der Waals surface area contributed by atoms with E-state index >= 15 is 0 Å². The zero-order valence-electron chi connectivity index (χ0n) is 10.3. The molecule has 0 aromatic carbocycles. The molecule has 0 N–H and O–H groups in total. The molecule has 0 radical (unpaired) electrons. The van der Waals surface area contributed by atoms with Crippen molar-refractivity contribution in [2.24, 2.45) is 0 Å². The van der Waals surface area contributed by atoms with Crippen LogP contribution < -0.4 is 0 Å². The normalized spacial score (nSPS) is 24.0. The van der Waals surface area contributed by atoms with Crippen LogP contribution in [-0.2, 0) is 0 Å². The van der Waals surface area contributed by atoms with E-state index in [-0.39, 0.29) is 0 Å². The fourth-order valence-corrected chi connectivity index (χ4v) is 3.30. The van der Waals surface area contributed by atoms with E-state index in [1.165, 1.54) is 88.6 Å². The SMILES string of the molecule is C1CCCCCCCSCCCCCC1. The molecule has 0 spiro atoms. The highest BCUT2D eigenvalue weighted by Gasteiger charge is 1.96. The highest BCUT2D eigenvalue weighted by atomic mass is 32.2. The van der Waals surface area contributed by atoms with Gasteiger partial charge in [0.2, 0.25) is 0 Å². The first-order chi connectivity index (χ1) is 7.50. The number of rotatable bonds is 0. The second-order valence-corrected chi connectivity index (χ2v) is 6.08. The van der Waals surface area contributed by atoms with Crippen molar-refractivity contribution in [1.29, 1.82) is 0 Å². The largest absolute Gasteiger partial charge is 0.162 e. The predicted octanol–water partition coefficient (Wildman–Crippen LogP) is 5.41. The molecule has 1 heteroatoms. The van der Waals surface area contributed by atoms with E-state index in [2.05, 4.69) is 11.8 Å². The van der Waals surface area contributed by atoms with Gasteiger partial charge in [0.15, 0.2) is 0 Å². The van der Waals surface area contributed by atoms with Crippen LogP contribution in [0.4, 0.5) is 0 Å². The molecule has 0 saturated carbocycles. The van der Waals surface area contributed by atoms with Crippen LogP contribution in [0.2, 0.25) is 0 Å². The molecule has 0 unspecified atom stereocenters. The summed E-state index contributed by atoms with van der Waals surface area (Å²) in [7, 11) is 0. The molecule has 15 heavy (non-hydrogen) atoms. The van der Waals surface area contributed by atoms with Crippen LogP contribution in [0.3, 0.4) is 0 Å². The summed E-state index contributed by atoms with van der Waals surface area (Å²) in [5.41, 5.74) is 0. The lowest BCUT2D eigenvalue weighted by molar-refractivity contribution is 0.550. The Morgan fingerprint density at radius 1 is 0.333 bits per heavy atom. The molecular weight excluding hydrogens is 200 g/mol. The summed E-state index contributed by atoms with van der Waals surface area (Å²) < 4.78 is 0. The minimum atomic E-state index is 1.42. The molecule has 0 bridgehead atoms. The number of hydrogen-bond acceptors (Lipinski definition) is 1. The molecule has 1 fully saturated rings. The van der Waals surface area contributed by atoms with Crippen molar-refractivity contribution in [3.05, 3.63) is 0 Å². The lowest BCUT2D eigenvalue weighted by Crippen LogP contribution is -1.85. The second-order valence-electron chi connectivity index (χ2n) is 4.86. The molecule has 1 saturated heterocycles. The zero-order valence-corrected chi connectivity index (χ0v) is 11.1. The highest BCUT2D eigenvalue weighted by molar-refractivity contribution is 7.99. The van der Waals surface area contributed by atoms with Crippen molar-refractivity contribution in [3.63, 3.8) is 0 Å². The van der Waals surface area contributed by atoms with Crippen LogP contribution >= 0.6 is 11.8 Å². The lowest BCUT2D eigenvalue weighted by atomic mass is 10.1. The smallest absolute Gasteiger partial charge is 0.00675 e. The zero-order chi connectivity index (χ0) is 10.6. The monoisotopic (exact) mass is 228 g/mol. The molecule has 1 heterocycles. The molecule has 0 aliphatic carbocycles. The third-order valence-corrected chi connectivity index (χ3v) is 4.48. The third-order valence-electron chi connectivity index (χ3n) is 3.33. The van der Waals surface area contributed by atoms with Gasteiger partial charge < -0.3 is 0 Å². The average molecular weight is 228 g/mol. The topological polar surface area (TPSA) is 0 Å². The summed E-state index contributed by atoms with van der Waals surface area (Å²) in [6.45, 7) is 0. The number of hydrogen-bond donors (Lipinski definition) is 0. The van der Waals surface area contributed by atoms with Gasteiger partial charge in [-0.15, -0.1) is 0 Å². The van der Waals surface area contributed by atoms with Gasteiger partial charge in [-0.25, -0.2) is 0 Å². The van der Waals surface area contributed by atoms with Gasteiger partial charge in [-0.05, 0) is 24.3 Å². The van der Waals surface area contributed by atoms with E-state index in [1.54, 1.807) is 0 Å². The standard InChI is InChI=1S/C14H28S/c1-2-4-6-8-10-12-14-15-13-11-9-7-5-3-1/h1-14H2. The van der Waals surface area contributed by atoms with Gasteiger partial charge in [-0.1, -0.05) is 64.2 Å². The molecule has 0 amide bonds. The van der Waals surface area contributed by atoms with Crippen molar-refractivity contribution in [3.8, 4) is 0 Å². The van der Waals surface area contributed by atoms with Gasteiger partial charge in [-0.2, -0.15) is 11.8 Å². The molecule has 1 aliphatic heterocycles. The molecule has 0 aromatic heterocycles. The van der Waals surface area contributed by atoms with Crippen molar-refractivity contribution < 1.29 is 0 Å². The third kappa shape index (κ3) is 9.29. The van der Waals surface area contributed by atoms with E-state index in [0.717, 1.165) is 0 Å². The Labute approximate surface area is 101 Å². The minimum Gasteiger partial charge on any atom is -0.162 e. The molecule has 0 nitrogen and oxygen atoms in total. The predicted molar refractivity (Wildman–Crippen MR) is 72.7 cm³/mol.